The van der Waals surface area contributed by atoms with Crippen LogP contribution >= 0.6 is 0 Å². The normalized spacial score (nSPS) is 12.2. The molecule has 4 nitrogen and oxygen atoms in total. The minimum atomic E-state index is 0.196. The van der Waals surface area contributed by atoms with E-state index in [4.69, 9.17) is 14.2 Å². The average molecular weight is 281 g/mol. The second-order valence-corrected chi connectivity index (χ2v) is 4.85. The van der Waals surface area contributed by atoms with Crippen molar-refractivity contribution in [2.45, 2.75) is 39.3 Å². The lowest BCUT2D eigenvalue weighted by Crippen LogP contribution is -2.16. The van der Waals surface area contributed by atoms with E-state index in [1.807, 2.05) is 12.1 Å². The van der Waals surface area contributed by atoms with Gasteiger partial charge in [-0.05, 0) is 44.0 Å². The van der Waals surface area contributed by atoms with Crippen molar-refractivity contribution in [1.29, 1.82) is 0 Å². The van der Waals surface area contributed by atoms with Gasteiger partial charge >= 0.3 is 0 Å². The molecule has 0 aromatic heterocycles. The molecule has 4 heteroatoms. The molecule has 0 saturated carbocycles. The van der Waals surface area contributed by atoms with E-state index in [1.54, 1.807) is 14.2 Å². The highest BCUT2D eigenvalue weighted by Crippen LogP contribution is 2.29. The second kappa shape index (κ2) is 9.61. The molecule has 0 aliphatic heterocycles. The third-order valence-electron chi connectivity index (χ3n) is 3.16. The number of rotatable bonds is 10. The van der Waals surface area contributed by atoms with Gasteiger partial charge in [0.15, 0.2) is 11.5 Å². The fraction of sp³-hybridized carbons (Fsp3) is 0.625. The molecule has 20 heavy (non-hydrogen) atoms. The summed E-state index contributed by atoms with van der Waals surface area (Å²) >= 11 is 0. The Labute approximate surface area is 122 Å². The van der Waals surface area contributed by atoms with Gasteiger partial charge in [0.05, 0.1) is 13.2 Å². The van der Waals surface area contributed by atoms with Gasteiger partial charge in [0.2, 0.25) is 0 Å². The molecule has 0 amide bonds. The molecule has 0 bridgehead atoms. The Balaban J connectivity index is 2.53. The first-order valence-corrected chi connectivity index (χ1v) is 7.24. The van der Waals surface area contributed by atoms with E-state index in [0.29, 0.717) is 0 Å². The van der Waals surface area contributed by atoms with E-state index >= 15 is 0 Å². The zero-order valence-corrected chi connectivity index (χ0v) is 13.1. The summed E-state index contributed by atoms with van der Waals surface area (Å²) in [4.78, 5) is 0. The van der Waals surface area contributed by atoms with Crippen LogP contribution in [0.3, 0.4) is 0 Å². The summed E-state index contributed by atoms with van der Waals surface area (Å²) in [7, 11) is 3.40. The predicted octanol–water partition coefficient (Wildman–Crippen LogP) is 3.00. The summed E-state index contributed by atoms with van der Waals surface area (Å²) in [5.74, 6) is 1.60. The van der Waals surface area contributed by atoms with E-state index in [0.717, 1.165) is 44.0 Å². The lowest BCUT2D eigenvalue weighted by atomic mass is 10.2. The first-order valence-electron chi connectivity index (χ1n) is 7.24. The molecule has 114 valence electrons. The zero-order chi connectivity index (χ0) is 14.8. The van der Waals surface area contributed by atoms with Gasteiger partial charge in [0, 0.05) is 20.3 Å². The molecule has 0 fully saturated rings. The van der Waals surface area contributed by atoms with Crippen molar-refractivity contribution in [2.75, 3.05) is 27.4 Å². The van der Waals surface area contributed by atoms with Crippen molar-refractivity contribution in [3.63, 3.8) is 0 Å². The van der Waals surface area contributed by atoms with Crippen LogP contribution in [0, 0.1) is 0 Å². The highest BCUT2D eigenvalue weighted by Gasteiger charge is 2.08. The second-order valence-electron chi connectivity index (χ2n) is 4.85. The van der Waals surface area contributed by atoms with Gasteiger partial charge in [-0.1, -0.05) is 13.0 Å². The zero-order valence-electron chi connectivity index (χ0n) is 13.1. The molecule has 0 spiro atoms. The fourth-order valence-corrected chi connectivity index (χ4v) is 1.79. The van der Waals surface area contributed by atoms with Crippen molar-refractivity contribution in [3.05, 3.63) is 23.8 Å². The van der Waals surface area contributed by atoms with Crippen molar-refractivity contribution in [3.8, 4) is 11.5 Å². The lowest BCUT2D eigenvalue weighted by molar-refractivity contribution is 0.194. The molecule has 1 aromatic carbocycles. The smallest absolute Gasteiger partial charge is 0.161 e. The molecule has 0 radical (unpaired) electrons. The largest absolute Gasteiger partial charge is 0.493 e. The van der Waals surface area contributed by atoms with Crippen molar-refractivity contribution >= 4 is 0 Å². The lowest BCUT2D eigenvalue weighted by Gasteiger charge is -2.16. The minimum absolute atomic E-state index is 0.196. The predicted molar refractivity (Wildman–Crippen MR) is 81.6 cm³/mol. The topological polar surface area (TPSA) is 39.7 Å². The number of nitrogens with one attached hydrogen (secondary N) is 1. The summed E-state index contributed by atoms with van der Waals surface area (Å²) in [5, 5.41) is 3.38. The maximum atomic E-state index is 5.84. The van der Waals surface area contributed by atoms with E-state index in [9.17, 15) is 0 Å². The van der Waals surface area contributed by atoms with Crippen LogP contribution in [-0.2, 0) is 11.3 Å². The molecule has 1 rings (SSSR count). The average Bonchev–Trinajstić information content (AvgIpc) is 2.48. The number of hydrogen-bond donors (Lipinski definition) is 1. The molecule has 0 aliphatic carbocycles. The molecular weight excluding hydrogens is 254 g/mol. The van der Waals surface area contributed by atoms with Gasteiger partial charge in [-0.15, -0.1) is 0 Å². The Bertz CT molecular complexity index is 382. The SMILES string of the molecule is CC[C@H](C)Oc1ccc(CNCCCOC)cc1OC. The molecule has 0 saturated heterocycles. The maximum Gasteiger partial charge on any atom is 0.161 e. The van der Waals surface area contributed by atoms with Gasteiger partial charge in [0.25, 0.3) is 0 Å². The van der Waals surface area contributed by atoms with Crippen LogP contribution in [0.4, 0.5) is 0 Å². The van der Waals surface area contributed by atoms with Crippen molar-refractivity contribution < 1.29 is 14.2 Å². The first kappa shape index (κ1) is 16.8. The molecule has 0 aliphatic rings. The van der Waals surface area contributed by atoms with Crippen LogP contribution in [0.2, 0.25) is 0 Å². The van der Waals surface area contributed by atoms with Crippen LogP contribution in [0.15, 0.2) is 18.2 Å². The van der Waals surface area contributed by atoms with Crippen LogP contribution in [0.5, 0.6) is 11.5 Å². The summed E-state index contributed by atoms with van der Waals surface area (Å²) in [5.41, 5.74) is 1.19. The standard InChI is InChI=1S/C16H27NO3/c1-5-13(2)20-15-8-7-14(11-16(15)19-4)12-17-9-6-10-18-3/h7-8,11,13,17H,5-6,9-10,12H2,1-4H3/t13-/m0/s1. The van der Waals surface area contributed by atoms with Crippen LogP contribution in [-0.4, -0.2) is 33.5 Å². The Morgan fingerprint density at radius 2 is 2.00 bits per heavy atom. The Morgan fingerprint density at radius 3 is 2.65 bits per heavy atom. The third-order valence-corrected chi connectivity index (χ3v) is 3.16. The third kappa shape index (κ3) is 5.80. The van der Waals surface area contributed by atoms with Crippen molar-refractivity contribution in [1.82, 2.24) is 5.32 Å². The van der Waals surface area contributed by atoms with E-state index in [-0.39, 0.29) is 6.10 Å². The number of benzene rings is 1. The highest BCUT2D eigenvalue weighted by molar-refractivity contribution is 5.43. The van der Waals surface area contributed by atoms with E-state index in [1.165, 1.54) is 5.56 Å². The molecular formula is C16H27NO3. The van der Waals surface area contributed by atoms with Gasteiger partial charge in [-0.25, -0.2) is 0 Å². The van der Waals surface area contributed by atoms with Gasteiger partial charge in [-0.3, -0.25) is 0 Å². The molecule has 1 aromatic rings. The fourth-order valence-electron chi connectivity index (χ4n) is 1.79. The Morgan fingerprint density at radius 1 is 1.20 bits per heavy atom. The molecule has 0 unspecified atom stereocenters. The van der Waals surface area contributed by atoms with Crippen LogP contribution < -0.4 is 14.8 Å². The first-order chi connectivity index (χ1) is 9.71. The van der Waals surface area contributed by atoms with E-state index in [2.05, 4.69) is 25.2 Å². The summed E-state index contributed by atoms with van der Waals surface area (Å²) < 4.78 is 16.3. The van der Waals surface area contributed by atoms with Gasteiger partial charge < -0.3 is 19.5 Å². The summed E-state index contributed by atoms with van der Waals surface area (Å²) in [6, 6.07) is 6.09. The number of hydrogen-bond acceptors (Lipinski definition) is 4. The van der Waals surface area contributed by atoms with Gasteiger partial charge in [0.1, 0.15) is 0 Å². The molecule has 1 atom stereocenters. The molecule has 0 heterocycles. The summed E-state index contributed by atoms with van der Waals surface area (Å²) in [6.45, 7) is 6.73. The number of methoxy groups -OCH3 is 2. The monoisotopic (exact) mass is 281 g/mol. The number of ether oxygens (including phenoxy) is 3. The Hall–Kier alpha value is -1.26. The van der Waals surface area contributed by atoms with Crippen LogP contribution in [0.25, 0.3) is 0 Å². The highest BCUT2D eigenvalue weighted by atomic mass is 16.5. The van der Waals surface area contributed by atoms with Gasteiger partial charge in [-0.2, -0.15) is 0 Å². The Kier molecular flexibility index (Phi) is 8.07. The summed E-state index contributed by atoms with van der Waals surface area (Å²) in [6.07, 6.45) is 2.19. The van der Waals surface area contributed by atoms with Crippen LogP contribution in [0.1, 0.15) is 32.3 Å². The van der Waals surface area contributed by atoms with E-state index < -0.39 is 0 Å². The molecule has 1 N–H and O–H groups in total. The quantitative estimate of drug-likeness (QED) is 0.669. The van der Waals surface area contributed by atoms with Crippen molar-refractivity contribution in [2.24, 2.45) is 0 Å². The minimum Gasteiger partial charge on any atom is -0.493 e. The maximum absolute atomic E-state index is 5.84.